The van der Waals surface area contributed by atoms with Gasteiger partial charge in [-0.1, -0.05) is 66.6 Å². The lowest BCUT2D eigenvalue weighted by Crippen LogP contribution is -2.25. The lowest BCUT2D eigenvalue weighted by atomic mass is 10.0. The Kier molecular flexibility index (Phi) is 5.89. The summed E-state index contributed by atoms with van der Waals surface area (Å²) >= 11 is 1.95. The van der Waals surface area contributed by atoms with Crippen LogP contribution in [0.1, 0.15) is 40.8 Å². The van der Waals surface area contributed by atoms with E-state index in [0.29, 0.717) is 5.25 Å². The zero-order valence-electron chi connectivity index (χ0n) is 13.2. The molecule has 0 fully saturated rings. The van der Waals surface area contributed by atoms with E-state index >= 15 is 0 Å². The maximum atomic E-state index is 6.37. The molecule has 0 amide bonds. The summed E-state index contributed by atoms with van der Waals surface area (Å²) < 4.78 is 0. The lowest BCUT2D eigenvalue weighted by molar-refractivity contribution is 0.634. The van der Waals surface area contributed by atoms with Gasteiger partial charge >= 0.3 is 0 Å². The number of thioether (sulfide) groups is 1. The van der Waals surface area contributed by atoms with Crippen molar-refractivity contribution in [1.82, 2.24) is 0 Å². The maximum Gasteiger partial charge on any atom is 0.0451 e. The van der Waals surface area contributed by atoms with Crippen LogP contribution in [0.5, 0.6) is 0 Å². The molecular formula is C19H25NS. The van der Waals surface area contributed by atoms with E-state index in [9.17, 15) is 0 Å². The third kappa shape index (κ3) is 4.62. The second-order valence-electron chi connectivity index (χ2n) is 5.71. The molecule has 2 rings (SSSR count). The third-order valence-electron chi connectivity index (χ3n) is 3.74. The minimum absolute atomic E-state index is 0.196. The van der Waals surface area contributed by atoms with Crippen LogP contribution in [0, 0.1) is 13.8 Å². The first-order valence-electron chi connectivity index (χ1n) is 7.59. The van der Waals surface area contributed by atoms with Crippen LogP contribution in [0.3, 0.4) is 0 Å². The van der Waals surface area contributed by atoms with Crippen molar-refractivity contribution in [3.63, 3.8) is 0 Å². The monoisotopic (exact) mass is 299 g/mol. The van der Waals surface area contributed by atoms with Crippen LogP contribution in [-0.2, 0) is 5.75 Å². The van der Waals surface area contributed by atoms with Gasteiger partial charge in [0, 0.05) is 17.0 Å². The average Bonchev–Trinajstić information content (AvgIpc) is 2.47. The van der Waals surface area contributed by atoms with Gasteiger partial charge in [-0.3, -0.25) is 0 Å². The molecule has 0 heterocycles. The Morgan fingerprint density at radius 2 is 1.67 bits per heavy atom. The largest absolute Gasteiger partial charge is 0.326 e. The summed E-state index contributed by atoms with van der Waals surface area (Å²) in [4.78, 5) is 0. The van der Waals surface area contributed by atoms with Gasteiger partial charge in [0.2, 0.25) is 0 Å². The van der Waals surface area contributed by atoms with Crippen molar-refractivity contribution in [2.24, 2.45) is 5.73 Å². The van der Waals surface area contributed by atoms with Crippen molar-refractivity contribution < 1.29 is 0 Å². The van der Waals surface area contributed by atoms with E-state index in [1.807, 2.05) is 11.8 Å². The first kappa shape index (κ1) is 16.1. The van der Waals surface area contributed by atoms with Crippen LogP contribution in [-0.4, -0.2) is 6.04 Å². The molecule has 0 bridgehead atoms. The Hall–Kier alpha value is -1.25. The maximum absolute atomic E-state index is 6.37. The molecule has 21 heavy (non-hydrogen) atoms. The van der Waals surface area contributed by atoms with E-state index in [4.69, 9.17) is 5.73 Å². The molecule has 2 heteroatoms. The van der Waals surface area contributed by atoms with Gasteiger partial charge in [0.15, 0.2) is 0 Å². The molecule has 0 radical (unpaired) electrons. The predicted octanol–water partition coefficient (Wildman–Crippen LogP) is 5.02. The molecule has 0 spiro atoms. The summed E-state index contributed by atoms with van der Waals surface area (Å²) in [6.07, 6.45) is 0.999. The van der Waals surface area contributed by atoms with Gasteiger partial charge in [-0.25, -0.2) is 0 Å². The topological polar surface area (TPSA) is 26.0 Å². The van der Waals surface area contributed by atoms with Crippen molar-refractivity contribution in [2.45, 2.75) is 44.2 Å². The zero-order valence-corrected chi connectivity index (χ0v) is 14.0. The lowest BCUT2D eigenvalue weighted by Gasteiger charge is -2.23. The van der Waals surface area contributed by atoms with E-state index in [-0.39, 0.29) is 6.04 Å². The van der Waals surface area contributed by atoms with Crippen LogP contribution >= 0.6 is 11.8 Å². The minimum Gasteiger partial charge on any atom is -0.326 e. The summed E-state index contributed by atoms with van der Waals surface area (Å²) in [5.41, 5.74) is 11.7. The summed E-state index contributed by atoms with van der Waals surface area (Å²) in [5.74, 6) is 1.01. The molecule has 112 valence electrons. The average molecular weight is 299 g/mol. The molecule has 2 N–H and O–H groups in total. The highest BCUT2D eigenvalue weighted by Crippen LogP contribution is 2.35. The quantitative estimate of drug-likeness (QED) is 0.811. The van der Waals surface area contributed by atoms with Crippen LogP contribution in [0.25, 0.3) is 0 Å². The first-order chi connectivity index (χ1) is 10.1. The van der Waals surface area contributed by atoms with Gasteiger partial charge in [0.25, 0.3) is 0 Å². The summed E-state index contributed by atoms with van der Waals surface area (Å²) in [5, 5.41) is 0.357. The van der Waals surface area contributed by atoms with Gasteiger partial charge in [-0.05, 0) is 31.4 Å². The van der Waals surface area contributed by atoms with Crippen molar-refractivity contribution in [2.75, 3.05) is 0 Å². The predicted molar refractivity (Wildman–Crippen MR) is 94.7 cm³/mol. The molecule has 2 unspecified atom stereocenters. The Labute approximate surface area is 133 Å². The second-order valence-corrected chi connectivity index (χ2v) is 6.84. The van der Waals surface area contributed by atoms with E-state index in [0.717, 1.165) is 12.2 Å². The summed E-state index contributed by atoms with van der Waals surface area (Å²) in [6.45, 7) is 6.45. The first-order valence-corrected chi connectivity index (χ1v) is 8.64. The van der Waals surface area contributed by atoms with Crippen molar-refractivity contribution in [3.05, 3.63) is 70.8 Å². The van der Waals surface area contributed by atoms with E-state index in [1.165, 1.54) is 22.3 Å². The van der Waals surface area contributed by atoms with E-state index in [1.54, 1.807) is 0 Å². The highest BCUT2D eigenvalue weighted by molar-refractivity contribution is 7.98. The minimum atomic E-state index is 0.196. The molecule has 0 aliphatic carbocycles. The highest BCUT2D eigenvalue weighted by atomic mass is 32.2. The van der Waals surface area contributed by atoms with Crippen LogP contribution < -0.4 is 5.73 Å². The third-order valence-corrected chi connectivity index (χ3v) is 5.22. The van der Waals surface area contributed by atoms with Gasteiger partial charge in [-0.15, -0.1) is 11.8 Å². The normalized spacial score (nSPS) is 13.9. The summed E-state index contributed by atoms with van der Waals surface area (Å²) in [7, 11) is 0. The molecule has 1 nitrogen and oxygen atoms in total. The Balaban J connectivity index is 2.14. The zero-order chi connectivity index (χ0) is 15.2. The number of rotatable bonds is 6. The van der Waals surface area contributed by atoms with Gasteiger partial charge in [0.1, 0.15) is 0 Å². The molecule has 0 aliphatic rings. The fraction of sp³-hybridized carbons (Fsp3) is 0.368. The molecular weight excluding hydrogens is 274 g/mol. The van der Waals surface area contributed by atoms with E-state index in [2.05, 4.69) is 69.3 Å². The fourth-order valence-electron chi connectivity index (χ4n) is 2.52. The fourth-order valence-corrected chi connectivity index (χ4v) is 3.85. The highest BCUT2D eigenvalue weighted by Gasteiger charge is 2.19. The molecule has 0 saturated carbocycles. The van der Waals surface area contributed by atoms with Gasteiger partial charge in [-0.2, -0.15) is 0 Å². The van der Waals surface area contributed by atoms with E-state index < -0.39 is 0 Å². The van der Waals surface area contributed by atoms with Crippen molar-refractivity contribution in [1.29, 1.82) is 0 Å². The molecule has 0 aliphatic heterocycles. The Morgan fingerprint density at radius 1 is 1.00 bits per heavy atom. The number of hydrogen-bond acceptors (Lipinski definition) is 2. The SMILES string of the molecule is CCC(N)C(SCc1cccc(C)c1)c1cccc(C)c1. The molecule has 2 aromatic rings. The van der Waals surface area contributed by atoms with Crippen LogP contribution in [0.4, 0.5) is 0 Å². The number of nitrogens with two attached hydrogens (primary N) is 1. The number of hydrogen-bond donors (Lipinski definition) is 1. The molecule has 0 aromatic heterocycles. The second kappa shape index (κ2) is 7.67. The van der Waals surface area contributed by atoms with Crippen molar-refractivity contribution in [3.8, 4) is 0 Å². The molecule has 2 aromatic carbocycles. The Morgan fingerprint density at radius 3 is 2.29 bits per heavy atom. The number of aryl methyl sites for hydroxylation is 2. The van der Waals surface area contributed by atoms with Crippen molar-refractivity contribution >= 4 is 11.8 Å². The standard InChI is InChI=1S/C19H25NS/c1-4-18(20)19(17-10-6-8-15(3)12-17)21-13-16-9-5-7-14(2)11-16/h5-12,18-19H,4,13,20H2,1-3H3. The summed E-state index contributed by atoms with van der Waals surface area (Å²) in [6, 6.07) is 17.7. The van der Waals surface area contributed by atoms with Crippen LogP contribution in [0.15, 0.2) is 48.5 Å². The smallest absolute Gasteiger partial charge is 0.0451 e. The van der Waals surface area contributed by atoms with Gasteiger partial charge < -0.3 is 5.73 Å². The van der Waals surface area contributed by atoms with Crippen LogP contribution in [0.2, 0.25) is 0 Å². The Bertz CT molecular complexity index is 579. The molecule has 0 saturated heterocycles. The van der Waals surface area contributed by atoms with Gasteiger partial charge in [0.05, 0.1) is 0 Å². The molecule has 2 atom stereocenters. The number of benzene rings is 2.